The number of benzene rings is 2. The molecule has 2 aromatic carbocycles. The van der Waals surface area contributed by atoms with E-state index < -0.39 is 0 Å². The number of amides is 2. The second kappa shape index (κ2) is 9.85. The predicted molar refractivity (Wildman–Crippen MR) is 121 cm³/mol. The summed E-state index contributed by atoms with van der Waals surface area (Å²) < 4.78 is 5.45. The third kappa shape index (κ3) is 5.25. The number of piperazine rings is 1. The fourth-order valence-electron chi connectivity index (χ4n) is 3.47. The van der Waals surface area contributed by atoms with Gasteiger partial charge in [0.2, 0.25) is 5.91 Å². The summed E-state index contributed by atoms with van der Waals surface area (Å²) in [5.74, 6) is 0.638. The highest BCUT2D eigenvalue weighted by molar-refractivity contribution is 6.33. The third-order valence-electron chi connectivity index (χ3n) is 5.04. The normalized spacial score (nSPS) is 14.0. The Morgan fingerprint density at radius 1 is 1.10 bits per heavy atom. The van der Waals surface area contributed by atoms with Crippen LogP contribution in [0.25, 0.3) is 0 Å². The molecule has 2 amide bonds. The Hall–Kier alpha value is -2.73. The van der Waals surface area contributed by atoms with Crippen LogP contribution in [-0.4, -0.2) is 49.5 Å². The van der Waals surface area contributed by atoms with Gasteiger partial charge in [0.05, 0.1) is 17.3 Å². The van der Waals surface area contributed by atoms with Crippen molar-refractivity contribution in [2.75, 3.05) is 43.0 Å². The molecular weight excluding hydrogens is 402 g/mol. The topological polar surface area (TPSA) is 61.9 Å². The van der Waals surface area contributed by atoms with Crippen molar-refractivity contribution in [3.8, 4) is 5.75 Å². The SMILES string of the molecule is CCOc1cccc(C(=O)Nc2ccc(N3CCN(C(=O)C(C)C)CC3)c(Cl)c2)c1. The van der Waals surface area contributed by atoms with E-state index in [0.717, 1.165) is 18.8 Å². The van der Waals surface area contributed by atoms with E-state index in [4.69, 9.17) is 16.3 Å². The molecule has 1 aliphatic rings. The highest BCUT2D eigenvalue weighted by Gasteiger charge is 2.24. The number of nitrogens with one attached hydrogen (secondary N) is 1. The van der Waals surface area contributed by atoms with E-state index in [-0.39, 0.29) is 17.7 Å². The summed E-state index contributed by atoms with van der Waals surface area (Å²) in [4.78, 5) is 28.8. The molecule has 0 atom stereocenters. The summed E-state index contributed by atoms with van der Waals surface area (Å²) in [6.07, 6.45) is 0. The van der Waals surface area contributed by atoms with E-state index in [1.54, 1.807) is 24.3 Å². The zero-order valence-corrected chi connectivity index (χ0v) is 18.4. The van der Waals surface area contributed by atoms with Gasteiger partial charge in [-0.2, -0.15) is 0 Å². The second-order valence-electron chi connectivity index (χ2n) is 7.55. The van der Waals surface area contributed by atoms with Crippen LogP contribution < -0.4 is 15.0 Å². The highest BCUT2D eigenvalue weighted by atomic mass is 35.5. The first-order chi connectivity index (χ1) is 14.4. The van der Waals surface area contributed by atoms with Crippen LogP contribution in [0, 0.1) is 5.92 Å². The summed E-state index contributed by atoms with van der Waals surface area (Å²) >= 11 is 6.51. The molecule has 1 heterocycles. The lowest BCUT2D eigenvalue weighted by Gasteiger charge is -2.37. The maximum absolute atomic E-state index is 12.6. The molecule has 160 valence electrons. The molecule has 0 aliphatic carbocycles. The first kappa shape index (κ1) is 22.0. The zero-order chi connectivity index (χ0) is 21.7. The molecular formula is C23H28ClN3O3. The van der Waals surface area contributed by atoms with Crippen LogP contribution in [0.3, 0.4) is 0 Å². The van der Waals surface area contributed by atoms with Crippen LogP contribution in [0.5, 0.6) is 5.75 Å². The fourth-order valence-corrected chi connectivity index (χ4v) is 3.77. The van der Waals surface area contributed by atoms with Gasteiger partial charge in [0.1, 0.15) is 5.75 Å². The van der Waals surface area contributed by atoms with Gasteiger partial charge in [-0.05, 0) is 43.3 Å². The minimum Gasteiger partial charge on any atom is -0.494 e. The van der Waals surface area contributed by atoms with Gasteiger partial charge in [-0.3, -0.25) is 9.59 Å². The van der Waals surface area contributed by atoms with E-state index in [0.29, 0.717) is 41.7 Å². The lowest BCUT2D eigenvalue weighted by molar-refractivity contribution is -0.134. The zero-order valence-electron chi connectivity index (χ0n) is 17.7. The van der Waals surface area contributed by atoms with E-state index in [2.05, 4.69) is 10.2 Å². The van der Waals surface area contributed by atoms with Crippen molar-refractivity contribution < 1.29 is 14.3 Å². The molecule has 1 N–H and O–H groups in total. The second-order valence-corrected chi connectivity index (χ2v) is 7.96. The van der Waals surface area contributed by atoms with E-state index in [9.17, 15) is 9.59 Å². The quantitative estimate of drug-likeness (QED) is 0.743. The first-order valence-electron chi connectivity index (χ1n) is 10.3. The molecule has 1 saturated heterocycles. The van der Waals surface area contributed by atoms with Gasteiger partial charge in [-0.1, -0.05) is 31.5 Å². The smallest absolute Gasteiger partial charge is 0.255 e. The molecule has 0 aromatic heterocycles. The van der Waals surface area contributed by atoms with Crippen LogP contribution in [0.4, 0.5) is 11.4 Å². The maximum Gasteiger partial charge on any atom is 0.255 e. The average molecular weight is 430 g/mol. The van der Waals surface area contributed by atoms with Crippen LogP contribution in [-0.2, 0) is 4.79 Å². The monoisotopic (exact) mass is 429 g/mol. The molecule has 7 heteroatoms. The molecule has 0 bridgehead atoms. The first-order valence-corrected chi connectivity index (χ1v) is 10.6. The molecule has 0 radical (unpaired) electrons. The Balaban J connectivity index is 1.64. The molecule has 3 rings (SSSR count). The summed E-state index contributed by atoms with van der Waals surface area (Å²) in [6, 6.07) is 12.6. The third-order valence-corrected chi connectivity index (χ3v) is 5.34. The van der Waals surface area contributed by atoms with Gasteiger partial charge in [0, 0.05) is 43.3 Å². The van der Waals surface area contributed by atoms with Crippen molar-refractivity contribution in [2.24, 2.45) is 5.92 Å². The molecule has 0 spiro atoms. The number of carbonyl (C=O) groups excluding carboxylic acids is 2. The average Bonchev–Trinajstić information content (AvgIpc) is 2.74. The number of nitrogens with zero attached hydrogens (tertiary/aromatic N) is 2. The Kier molecular flexibility index (Phi) is 7.21. The van der Waals surface area contributed by atoms with Gasteiger partial charge in [0.15, 0.2) is 0 Å². The van der Waals surface area contributed by atoms with Gasteiger partial charge in [-0.25, -0.2) is 0 Å². The van der Waals surface area contributed by atoms with Crippen LogP contribution in [0.15, 0.2) is 42.5 Å². The van der Waals surface area contributed by atoms with Crippen molar-refractivity contribution in [3.05, 3.63) is 53.1 Å². The van der Waals surface area contributed by atoms with Gasteiger partial charge in [0.25, 0.3) is 5.91 Å². The Labute approximate surface area is 182 Å². The van der Waals surface area contributed by atoms with Crippen LogP contribution in [0.1, 0.15) is 31.1 Å². The van der Waals surface area contributed by atoms with Crippen LogP contribution in [0.2, 0.25) is 5.02 Å². The van der Waals surface area contributed by atoms with E-state index >= 15 is 0 Å². The van der Waals surface area contributed by atoms with Gasteiger partial charge < -0.3 is 19.9 Å². The number of hydrogen-bond donors (Lipinski definition) is 1. The minimum absolute atomic E-state index is 0.0114. The lowest BCUT2D eigenvalue weighted by Crippen LogP contribution is -2.50. The van der Waals surface area contributed by atoms with E-state index in [1.165, 1.54) is 0 Å². The Bertz CT molecular complexity index is 908. The molecule has 0 unspecified atom stereocenters. The summed E-state index contributed by atoms with van der Waals surface area (Å²) in [5.41, 5.74) is 2.06. The van der Waals surface area contributed by atoms with Crippen LogP contribution >= 0.6 is 11.6 Å². The van der Waals surface area contributed by atoms with Gasteiger partial charge in [-0.15, -0.1) is 0 Å². The Morgan fingerprint density at radius 2 is 1.83 bits per heavy atom. The fraction of sp³-hybridized carbons (Fsp3) is 0.391. The van der Waals surface area contributed by atoms with Crippen molar-refractivity contribution in [3.63, 3.8) is 0 Å². The maximum atomic E-state index is 12.6. The highest BCUT2D eigenvalue weighted by Crippen LogP contribution is 2.30. The number of ether oxygens (including phenoxy) is 1. The number of anilines is 2. The molecule has 0 saturated carbocycles. The van der Waals surface area contributed by atoms with Crippen molar-refractivity contribution in [2.45, 2.75) is 20.8 Å². The largest absolute Gasteiger partial charge is 0.494 e. The lowest BCUT2D eigenvalue weighted by atomic mass is 10.1. The molecule has 1 aliphatic heterocycles. The summed E-state index contributed by atoms with van der Waals surface area (Å²) in [5, 5.41) is 3.45. The van der Waals surface area contributed by atoms with Crippen molar-refractivity contribution in [1.82, 2.24) is 4.90 Å². The predicted octanol–water partition coefficient (Wildman–Crippen LogP) is 4.30. The van der Waals surface area contributed by atoms with E-state index in [1.807, 2.05) is 43.9 Å². The van der Waals surface area contributed by atoms with Crippen molar-refractivity contribution in [1.29, 1.82) is 0 Å². The molecule has 6 nitrogen and oxygen atoms in total. The number of halogens is 1. The van der Waals surface area contributed by atoms with Crippen molar-refractivity contribution >= 4 is 34.8 Å². The number of hydrogen-bond acceptors (Lipinski definition) is 4. The minimum atomic E-state index is -0.221. The standard InChI is InChI=1S/C23H28ClN3O3/c1-4-30-19-7-5-6-17(14-19)22(28)25-18-8-9-21(20(24)15-18)26-10-12-27(13-11-26)23(29)16(2)3/h5-9,14-16H,4,10-13H2,1-3H3,(H,25,28). The number of rotatable bonds is 6. The molecule has 2 aromatic rings. The van der Waals surface area contributed by atoms with Gasteiger partial charge >= 0.3 is 0 Å². The molecule has 30 heavy (non-hydrogen) atoms. The molecule has 1 fully saturated rings. The number of carbonyl (C=O) groups is 2. The summed E-state index contributed by atoms with van der Waals surface area (Å²) in [6.45, 7) is 9.12. The summed E-state index contributed by atoms with van der Waals surface area (Å²) in [7, 11) is 0. The Morgan fingerprint density at radius 3 is 2.47 bits per heavy atom.